The first kappa shape index (κ1) is 12.8. The van der Waals surface area contributed by atoms with Gasteiger partial charge in [0.25, 0.3) is 0 Å². The van der Waals surface area contributed by atoms with E-state index in [0.717, 1.165) is 0 Å². The molecule has 2 N–H and O–H groups in total. The van der Waals surface area contributed by atoms with E-state index in [1.165, 1.54) is 13.2 Å². The van der Waals surface area contributed by atoms with Gasteiger partial charge in [0.1, 0.15) is 17.9 Å². The van der Waals surface area contributed by atoms with Crippen LogP contribution in [0.15, 0.2) is 18.2 Å². The van der Waals surface area contributed by atoms with Crippen LogP contribution in [0.4, 0.5) is 0 Å². The summed E-state index contributed by atoms with van der Waals surface area (Å²) in [5.41, 5.74) is 0.796. The van der Waals surface area contributed by atoms with Crippen LogP contribution >= 0.6 is 12.6 Å². The van der Waals surface area contributed by atoms with E-state index in [1.807, 2.05) is 6.07 Å². The summed E-state index contributed by atoms with van der Waals surface area (Å²) in [4.78, 5) is 0. The number of hydrogen-bond acceptors (Lipinski definition) is 5. The lowest BCUT2D eigenvalue weighted by Gasteiger charge is -2.16. The first-order chi connectivity index (χ1) is 7.63. The molecule has 2 unspecified atom stereocenters. The van der Waals surface area contributed by atoms with Gasteiger partial charge in [-0.05, 0) is 17.7 Å². The minimum Gasteiger partial charge on any atom is -0.495 e. The molecule has 0 bridgehead atoms. The molecule has 0 saturated carbocycles. The standard InChI is InChI=1S/C11H13NO3S/c1-15-10-3-2-7(4-8(10)5-12)11(14)9(13)6-16/h2-4,9,11,13-14,16H,6H2,1H3. The van der Waals surface area contributed by atoms with Crippen molar-refractivity contribution in [2.24, 2.45) is 0 Å². The predicted octanol–water partition coefficient (Wildman–Crippen LogP) is 0.891. The third-order valence-electron chi connectivity index (χ3n) is 2.24. The predicted molar refractivity (Wildman–Crippen MR) is 62.5 cm³/mol. The van der Waals surface area contributed by atoms with Gasteiger partial charge in [0.2, 0.25) is 0 Å². The fraction of sp³-hybridized carbons (Fsp3) is 0.364. The molecule has 0 spiro atoms. The summed E-state index contributed by atoms with van der Waals surface area (Å²) < 4.78 is 4.98. The van der Waals surface area contributed by atoms with Crippen molar-refractivity contribution < 1.29 is 14.9 Å². The minimum atomic E-state index is -1.05. The number of aliphatic hydroxyl groups is 2. The smallest absolute Gasteiger partial charge is 0.136 e. The van der Waals surface area contributed by atoms with Crippen LogP contribution in [0.2, 0.25) is 0 Å². The van der Waals surface area contributed by atoms with Gasteiger partial charge in [0.15, 0.2) is 0 Å². The van der Waals surface area contributed by atoms with Gasteiger partial charge in [0.05, 0.1) is 18.8 Å². The number of nitrogens with zero attached hydrogens (tertiary/aromatic N) is 1. The highest BCUT2D eigenvalue weighted by atomic mass is 32.1. The van der Waals surface area contributed by atoms with Crippen LogP contribution in [-0.4, -0.2) is 29.2 Å². The van der Waals surface area contributed by atoms with E-state index in [1.54, 1.807) is 12.1 Å². The number of thiol groups is 1. The second kappa shape index (κ2) is 5.75. The van der Waals surface area contributed by atoms with Crippen LogP contribution in [0, 0.1) is 11.3 Å². The monoisotopic (exact) mass is 239 g/mol. The number of nitriles is 1. The molecule has 0 amide bonds. The summed E-state index contributed by atoms with van der Waals surface area (Å²) in [7, 11) is 1.47. The van der Waals surface area contributed by atoms with Crippen LogP contribution in [0.25, 0.3) is 0 Å². The van der Waals surface area contributed by atoms with Gasteiger partial charge in [-0.15, -0.1) is 0 Å². The van der Waals surface area contributed by atoms with Gasteiger partial charge in [0, 0.05) is 5.75 Å². The molecule has 0 heterocycles. The molecule has 1 aromatic carbocycles. The lowest BCUT2D eigenvalue weighted by molar-refractivity contribution is 0.0337. The molecule has 16 heavy (non-hydrogen) atoms. The van der Waals surface area contributed by atoms with Crippen molar-refractivity contribution in [1.29, 1.82) is 5.26 Å². The van der Waals surface area contributed by atoms with Gasteiger partial charge in [-0.2, -0.15) is 17.9 Å². The second-order valence-electron chi connectivity index (χ2n) is 3.27. The SMILES string of the molecule is COc1ccc(C(O)C(O)CS)cc1C#N. The highest BCUT2D eigenvalue weighted by Gasteiger charge is 2.18. The third-order valence-corrected chi connectivity index (χ3v) is 2.61. The Morgan fingerprint density at radius 1 is 1.50 bits per heavy atom. The van der Waals surface area contributed by atoms with Crippen LogP contribution in [0.1, 0.15) is 17.2 Å². The number of rotatable bonds is 4. The highest BCUT2D eigenvalue weighted by molar-refractivity contribution is 7.80. The first-order valence-corrected chi connectivity index (χ1v) is 5.32. The zero-order valence-corrected chi connectivity index (χ0v) is 9.69. The number of ether oxygens (including phenoxy) is 1. The molecule has 1 rings (SSSR count). The van der Waals surface area contributed by atoms with E-state index in [0.29, 0.717) is 16.9 Å². The maximum absolute atomic E-state index is 9.72. The Kier molecular flexibility index (Phi) is 4.62. The van der Waals surface area contributed by atoms with E-state index < -0.39 is 12.2 Å². The van der Waals surface area contributed by atoms with E-state index in [2.05, 4.69) is 12.6 Å². The summed E-state index contributed by atoms with van der Waals surface area (Å²) in [6, 6.07) is 6.65. The van der Waals surface area contributed by atoms with Crippen molar-refractivity contribution in [2.75, 3.05) is 12.9 Å². The fourth-order valence-electron chi connectivity index (χ4n) is 1.32. The van der Waals surface area contributed by atoms with Crippen molar-refractivity contribution in [3.8, 4) is 11.8 Å². The van der Waals surface area contributed by atoms with Gasteiger partial charge >= 0.3 is 0 Å². The molecule has 4 nitrogen and oxygen atoms in total. The second-order valence-corrected chi connectivity index (χ2v) is 3.63. The lowest BCUT2D eigenvalue weighted by atomic mass is 10.0. The van der Waals surface area contributed by atoms with Gasteiger partial charge in [-0.1, -0.05) is 6.07 Å². The fourth-order valence-corrected chi connectivity index (χ4v) is 1.52. The molecule has 0 saturated heterocycles. The quantitative estimate of drug-likeness (QED) is 0.682. The lowest BCUT2D eigenvalue weighted by Crippen LogP contribution is -2.19. The van der Waals surface area contributed by atoms with Crippen molar-refractivity contribution in [2.45, 2.75) is 12.2 Å². The van der Waals surface area contributed by atoms with Crippen LogP contribution in [0.3, 0.4) is 0 Å². The topological polar surface area (TPSA) is 73.5 Å². The summed E-state index contributed by atoms with van der Waals surface area (Å²) >= 11 is 3.89. The minimum absolute atomic E-state index is 0.148. The number of hydrogen-bond donors (Lipinski definition) is 3. The summed E-state index contributed by atoms with van der Waals surface area (Å²) in [6.45, 7) is 0. The molecule has 0 aliphatic carbocycles. The first-order valence-electron chi connectivity index (χ1n) is 4.69. The molecule has 0 aliphatic rings. The highest BCUT2D eigenvalue weighted by Crippen LogP contribution is 2.24. The Labute approximate surface area is 99.5 Å². The van der Waals surface area contributed by atoms with E-state index in [4.69, 9.17) is 10.00 Å². The van der Waals surface area contributed by atoms with Gasteiger partial charge < -0.3 is 14.9 Å². The Morgan fingerprint density at radius 3 is 2.69 bits per heavy atom. The molecule has 86 valence electrons. The van der Waals surface area contributed by atoms with E-state index in [9.17, 15) is 10.2 Å². The van der Waals surface area contributed by atoms with Crippen LogP contribution in [0.5, 0.6) is 5.75 Å². The molecular weight excluding hydrogens is 226 g/mol. The molecule has 0 aliphatic heterocycles. The zero-order chi connectivity index (χ0) is 12.1. The van der Waals surface area contributed by atoms with Crippen LogP contribution in [-0.2, 0) is 0 Å². The molecular formula is C11H13NO3S. The van der Waals surface area contributed by atoms with E-state index >= 15 is 0 Å². The molecule has 1 aromatic rings. The summed E-state index contributed by atoms with van der Waals surface area (Å²) in [6.07, 6.45) is -2.00. The summed E-state index contributed by atoms with van der Waals surface area (Å²) in [5, 5.41) is 28.0. The molecule has 0 aromatic heterocycles. The number of benzene rings is 1. The molecule has 0 fully saturated rings. The number of aliphatic hydroxyl groups excluding tert-OH is 2. The Bertz CT molecular complexity index is 403. The average Bonchev–Trinajstić information content (AvgIpc) is 2.35. The Morgan fingerprint density at radius 2 is 2.19 bits per heavy atom. The Balaban J connectivity index is 3.04. The van der Waals surface area contributed by atoms with Crippen molar-refractivity contribution >= 4 is 12.6 Å². The van der Waals surface area contributed by atoms with Gasteiger partial charge in [-0.3, -0.25) is 0 Å². The van der Waals surface area contributed by atoms with Gasteiger partial charge in [-0.25, -0.2) is 0 Å². The maximum Gasteiger partial charge on any atom is 0.136 e. The van der Waals surface area contributed by atoms with E-state index in [-0.39, 0.29) is 5.75 Å². The molecule has 0 radical (unpaired) electrons. The normalized spacial score (nSPS) is 13.9. The van der Waals surface area contributed by atoms with Crippen molar-refractivity contribution in [1.82, 2.24) is 0 Å². The zero-order valence-electron chi connectivity index (χ0n) is 8.79. The summed E-state index contributed by atoms with van der Waals surface area (Å²) in [5.74, 6) is 0.591. The van der Waals surface area contributed by atoms with Crippen molar-refractivity contribution in [3.05, 3.63) is 29.3 Å². The van der Waals surface area contributed by atoms with Crippen molar-refractivity contribution in [3.63, 3.8) is 0 Å². The maximum atomic E-state index is 9.72. The largest absolute Gasteiger partial charge is 0.495 e. The average molecular weight is 239 g/mol. The molecule has 5 heteroatoms. The van der Waals surface area contributed by atoms with Crippen LogP contribution < -0.4 is 4.74 Å². The Hall–Kier alpha value is -1.22. The number of methoxy groups -OCH3 is 1. The third kappa shape index (κ3) is 2.67. The molecule has 2 atom stereocenters.